The average molecular weight is 496 g/mol. The number of aromatic amines is 1. The Morgan fingerprint density at radius 1 is 1.03 bits per heavy atom. The number of methoxy groups -OCH3 is 3. The molecule has 0 aliphatic rings. The van der Waals surface area contributed by atoms with Crippen molar-refractivity contribution in [2.45, 2.75) is 4.90 Å². The molecule has 30 heavy (non-hydrogen) atoms. The largest absolute Gasteiger partial charge is 0.493 e. The molecule has 0 saturated carbocycles. The molecule has 0 unspecified atom stereocenters. The van der Waals surface area contributed by atoms with Crippen LogP contribution < -0.4 is 18.9 Å². The van der Waals surface area contributed by atoms with Gasteiger partial charge in [-0.15, -0.1) is 0 Å². The summed E-state index contributed by atoms with van der Waals surface area (Å²) in [5.41, 5.74) is 0.931. The zero-order valence-electron chi connectivity index (χ0n) is 16.2. The van der Waals surface area contributed by atoms with E-state index in [1.165, 1.54) is 33.5 Å². The first-order valence-corrected chi connectivity index (χ1v) is 10.8. The van der Waals surface area contributed by atoms with Gasteiger partial charge in [0.15, 0.2) is 11.5 Å². The third-order valence-corrected chi connectivity index (χ3v) is 6.48. The summed E-state index contributed by atoms with van der Waals surface area (Å²) in [5, 5.41) is 6.64. The molecule has 0 spiro atoms. The third-order valence-electron chi connectivity index (χ3n) is 4.14. The van der Waals surface area contributed by atoms with Gasteiger partial charge in [0.25, 0.3) is 15.9 Å². The van der Waals surface area contributed by atoms with Gasteiger partial charge in [0, 0.05) is 10.0 Å². The van der Waals surface area contributed by atoms with E-state index in [1.54, 1.807) is 30.3 Å². The Labute approximate surface area is 181 Å². The van der Waals surface area contributed by atoms with E-state index >= 15 is 0 Å². The topological polar surface area (TPSA) is 120 Å². The minimum Gasteiger partial charge on any atom is -0.493 e. The minimum atomic E-state index is -4.07. The van der Waals surface area contributed by atoms with Crippen LogP contribution in [-0.2, 0) is 10.0 Å². The molecule has 11 heteroatoms. The molecular weight excluding hydrogens is 478 g/mol. The van der Waals surface area contributed by atoms with Gasteiger partial charge in [-0.05, 0) is 46.3 Å². The summed E-state index contributed by atoms with van der Waals surface area (Å²) in [7, 11) is 0.380. The smallest absolute Gasteiger partial charge is 0.283 e. The molecule has 0 radical (unpaired) electrons. The van der Waals surface area contributed by atoms with Crippen LogP contribution in [-0.4, -0.2) is 45.9 Å². The van der Waals surface area contributed by atoms with Crippen molar-refractivity contribution in [3.63, 3.8) is 0 Å². The number of nitrogens with one attached hydrogen (secondary N) is 2. The van der Waals surface area contributed by atoms with Crippen LogP contribution in [0.25, 0.3) is 11.3 Å². The van der Waals surface area contributed by atoms with Crippen molar-refractivity contribution >= 4 is 31.9 Å². The van der Waals surface area contributed by atoms with Gasteiger partial charge in [-0.25, -0.2) is 13.1 Å². The molecule has 0 saturated heterocycles. The van der Waals surface area contributed by atoms with Crippen LogP contribution in [0.4, 0.5) is 0 Å². The number of halogens is 1. The van der Waals surface area contributed by atoms with Crippen molar-refractivity contribution in [2.24, 2.45) is 0 Å². The van der Waals surface area contributed by atoms with Crippen molar-refractivity contribution < 1.29 is 27.4 Å². The Morgan fingerprint density at radius 3 is 2.23 bits per heavy atom. The van der Waals surface area contributed by atoms with Crippen LogP contribution in [0.1, 0.15) is 10.5 Å². The van der Waals surface area contributed by atoms with E-state index in [-0.39, 0.29) is 10.6 Å². The number of benzene rings is 2. The SMILES string of the molecule is COc1cc(-c2cc(C(=O)NS(=O)(=O)c3ccccc3Br)[nH]n2)cc(OC)c1OC. The number of hydrogen-bond acceptors (Lipinski definition) is 7. The van der Waals surface area contributed by atoms with Crippen LogP contribution in [0, 0.1) is 0 Å². The van der Waals surface area contributed by atoms with Gasteiger partial charge in [-0.3, -0.25) is 9.89 Å². The van der Waals surface area contributed by atoms with E-state index in [0.29, 0.717) is 33.0 Å². The predicted octanol–water partition coefficient (Wildman–Crippen LogP) is 2.98. The highest BCUT2D eigenvalue weighted by molar-refractivity contribution is 9.10. The first-order valence-electron chi connectivity index (χ1n) is 8.48. The standard InChI is InChI=1S/C19H18BrN3O6S/c1-27-15-8-11(9-16(28-2)18(15)29-3)13-10-14(22-21-13)19(24)23-30(25,26)17-7-5-4-6-12(17)20/h4-10H,1-3H3,(H,21,22)(H,23,24). The Bertz CT molecular complexity index is 1170. The number of carbonyl (C=O) groups is 1. The fourth-order valence-corrected chi connectivity index (χ4v) is 4.68. The lowest BCUT2D eigenvalue weighted by Gasteiger charge is -2.13. The van der Waals surface area contributed by atoms with Crippen LogP contribution in [0.2, 0.25) is 0 Å². The predicted molar refractivity (Wildman–Crippen MR) is 112 cm³/mol. The number of nitrogens with zero attached hydrogens (tertiary/aromatic N) is 1. The quantitative estimate of drug-likeness (QED) is 0.516. The molecule has 1 aromatic heterocycles. The molecule has 1 heterocycles. The molecule has 3 aromatic rings. The molecule has 0 aliphatic carbocycles. The Morgan fingerprint density at radius 2 is 1.67 bits per heavy atom. The normalized spacial score (nSPS) is 11.1. The number of carbonyl (C=O) groups excluding carboxylic acids is 1. The molecule has 0 aliphatic heterocycles. The molecule has 9 nitrogen and oxygen atoms in total. The van der Waals surface area contributed by atoms with Crippen LogP contribution >= 0.6 is 15.9 Å². The van der Waals surface area contributed by atoms with Gasteiger partial charge in [0.1, 0.15) is 10.6 Å². The van der Waals surface area contributed by atoms with E-state index in [4.69, 9.17) is 14.2 Å². The summed E-state index contributed by atoms with van der Waals surface area (Å²) < 4.78 is 43.3. The number of rotatable bonds is 7. The van der Waals surface area contributed by atoms with Crippen molar-refractivity contribution in [1.82, 2.24) is 14.9 Å². The van der Waals surface area contributed by atoms with Gasteiger partial charge in [0.05, 0.1) is 27.0 Å². The molecule has 0 fully saturated rings. The van der Waals surface area contributed by atoms with Crippen molar-refractivity contribution in [3.8, 4) is 28.5 Å². The van der Waals surface area contributed by atoms with Gasteiger partial charge in [-0.1, -0.05) is 12.1 Å². The molecule has 2 aromatic carbocycles. The molecule has 2 N–H and O–H groups in total. The van der Waals surface area contributed by atoms with E-state index in [9.17, 15) is 13.2 Å². The fraction of sp³-hybridized carbons (Fsp3) is 0.158. The van der Waals surface area contributed by atoms with E-state index in [1.807, 2.05) is 4.72 Å². The van der Waals surface area contributed by atoms with Gasteiger partial charge in [-0.2, -0.15) is 5.10 Å². The van der Waals surface area contributed by atoms with E-state index in [2.05, 4.69) is 26.1 Å². The monoisotopic (exact) mass is 495 g/mol. The lowest BCUT2D eigenvalue weighted by atomic mass is 10.1. The summed E-state index contributed by atoms with van der Waals surface area (Å²) in [6, 6.07) is 10.9. The Hall–Kier alpha value is -3.05. The number of H-pyrrole nitrogens is 1. The first kappa shape index (κ1) is 21.7. The summed E-state index contributed by atoms with van der Waals surface area (Å²) in [4.78, 5) is 12.4. The van der Waals surface area contributed by atoms with E-state index < -0.39 is 15.9 Å². The van der Waals surface area contributed by atoms with Crippen LogP contribution in [0.5, 0.6) is 17.2 Å². The van der Waals surface area contributed by atoms with Gasteiger partial charge < -0.3 is 14.2 Å². The number of aromatic nitrogens is 2. The average Bonchev–Trinajstić information content (AvgIpc) is 3.23. The number of ether oxygens (including phenoxy) is 3. The highest BCUT2D eigenvalue weighted by Crippen LogP contribution is 2.40. The number of amides is 1. The van der Waals surface area contributed by atoms with Crippen molar-refractivity contribution in [1.29, 1.82) is 0 Å². The van der Waals surface area contributed by atoms with Gasteiger partial charge in [0.2, 0.25) is 5.75 Å². The first-order chi connectivity index (χ1) is 14.3. The lowest BCUT2D eigenvalue weighted by molar-refractivity contribution is 0.0976. The molecule has 158 valence electrons. The maximum atomic E-state index is 12.5. The van der Waals surface area contributed by atoms with Crippen LogP contribution in [0.3, 0.4) is 0 Å². The van der Waals surface area contributed by atoms with Crippen LogP contribution in [0.15, 0.2) is 51.8 Å². The molecule has 0 bridgehead atoms. The maximum Gasteiger partial charge on any atom is 0.283 e. The van der Waals surface area contributed by atoms with Gasteiger partial charge >= 0.3 is 0 Å². The Kier molecular flexibility index (Phi) is 6.32. The third kappa shape index (κ3) is 4.26. The summed E-state index contributed by atoms with van der Waals surface area (Å²) >= 11 is 3.17. The summed E-state index contributed by atoms with van der Waals surface area (Å²) in [6.07, 6.45) is 0. The lowest BCUT2D eigenvalue weighted by Crippen LogP contribution is -2.31. The zero-order chi connectivity index (χ0) is 21.9. The molecule has 1 amide bonds. The molecule has 3 rings (SSSR count). The highest BCUT2D eigenvalue weighted by atomic mass is 79.9. The second-order valence-corrected chi connectivity index (χ2v) is 8.45. The van der Waals surface area contributed by atoms with E-state index in [0.717, 1.165) is 0 Å². The zero-order valence-corrected chi connectivity index (χ0v) is 18.6. The second kappa shape index (κ2) is 8.76. The number of hydrogen-bond donors (Lipinski definition) is 2. The summed E-state index contributed by atoms with van der Waals surface area (Å²) in [5.74, 6) is 0.392. The summed E-state index contributed by atoms with van der Waals surface area (Å²) in [6.45, 7) is 0. The molecular formula is C19H18BrN3O6S. The highest BCUT2D eigenvalue weighted by Gasteiger charge is 2.23. The molecule has 0 atom stereocenters. The fourth-order valence-electron chi connectivity index (χ4n) is 2.71. The maximum absolute atomic E-state index is 12.5. The second-order valence-electron chi connectivity index (χ2n) is 5.95. The minimum absolute atomic E-state index is 0.0330. The van der Waals surface area contributed by atoms with Crippen molar-refractivity contribution in [2.75, 3.05) is 21.3 Å². The van der Waals surface area contributed by atoms with Crippen molar-refractivity contribution in [3.05, 3.63) is 52.6 Å². The number of sulfonamides is 1. The Balaban J connectivity index is 1.90.